The first-order valence-corrected chi connectivity index (χ1v) is 11.5. The number of carbonyl (C=O) groups excluding carboxylic acids is 1. The monoisotopic (exact) mass is 453 g/mol. The third kappa shape index (κ3) is 4.45. The number of carbonyl (C=O) groups is 1. The maximum atomic E-state index is 13.2. The van der Waals surface area contributed by atoms with Crippen molar-refractivity contribution in [1.82, 2.24) is 15.0 Å². The van der Waals surface area contributed by atoms with Gasteiger partial charge in [0.05, 0.1) is 13.2 Å². The number of para-hydroxylation sites is 1. The molecule has 0 N–H and O–H groups in total. The summed E-state index contributed by atoms with van der Waals surface area (Å²) in [6.45, 7) is 2.79. The zero-order valence-electron chi connectivity index (χ0n) is 19.1. The van der Waals surface area contributed by atoms with E-state index < -0.39 is 0 Å². The molecule has 5 rings (SSSR count). The molecule has 6 nitrogen and oxygen atoms in total. The summed E-state index contributed by atoms with van der Waals surface area (Å²) >= 11 is 0. The number of methoxy groups -OCH3 is 1. The highest BCUT2D eigenvalue weighted by Crippen LogP contribution is 2.31. The second kappa shape index (κ2) is 9.93. The van der Waals surface area contributed by atoms with E-state index >= 15 is 0 Å². The van der Waals surface area contributed by atoms with E-state index in [0.29, 0.717) is 24.5 Å². The number of benzene rings is 3. The number of hydrogen-bond donors (Lipinski definition) is 0. The van der Waals surface area contributed by atoms with Crippen LogP contribution in [0.4, 0.5) is 0 Å². The van der Waals surface area contributed by atoms with Crippen molar-refractivity contribution in [2.75, 3.05) is 33.3 Å². The molecule has 1 amide bonds. The summed E-state index contributed by atoms with van der Waals surface area (Å²) < 4.78 is 10.8. The van der Waals surface area contributed by atoms with Gasteiger partial charge in [0, 0.05) is 37.8 Å². The van der Waals surface area contributed by atoms with Gasteiger partial charge in [0.15, 0.2) is 0 Å². The van der Waals surface area contributed by atoms with Gasteiger partial charge in [-0.2, -0.15) is 0 Å². The van der Waals surface area contributed by atoms with Crippen molar-refractivity contribution in [2.45, 2.75) is 6.04 Å². The molecule has 4 aromatic rings. The normalized spacial score (nSPS) is 14.4. The van der Waals surface area contributed by atoms with Gasteiger partial charge in [-0.25, -0.2) is 0 Å². The van der Waals surface area contributed by atoms with Crippen molar-refractivity contribution in [3.05, 3.63) is 108 Å². The predicted octanol–water partition coefficient (Wildman–Crippen LogP) is 4.90. The van der Waals surface area contributed by atoms with E-state index in [1.54, 1.807) is 13.2 Å². The standard InChI is InChI=1S/C28H27N3O3/c1-33-25-15-9-8-14-23(25)24-20-26(34-29-24)28(32)31-18-16-30(17-19-31)27(21-10-4-2-5-11-21)22-12-6-3-7-13-22/h2-15,20,27H,16-19H2,1H3. The number of nitrogens with zero attached hydrogens (tertiary/aromatic N) is 3. The lowest BCUT2D eigenvalue weighted by atomic mass is 9.96. The molecule has 1 fully saturated rings. The Kier molecular flexibility index (Phi) is 6.40. The molecule has 34 heavy (non-hydrogen) atoms. The first-order chi connectivity index (χ1) is 16.7. The van der Waals surface area contributed by atoms with E-state index in [9.17, 15) is 4.79 Å². The molecule has 2 heterocycles. The Hall–Kier alpha value is -3.90. The summed E-state index contributed by atoms with van der Waals surface area (Å²) in [4.78, 5) is 17.4. The smallest absolute Gasteiger partial charge is 0.292 e. The zero-order valence-corrected chi connectivity index (χ0v) is 19.1. The van der Waals surface area contributed by atoms with Crippen molar-refractivity contribution in [2.24, 2.45) is 0 Å². The highest BCUT2D eigenvalue weighted by atomic mass is 16.5. The van der Waals surface area contributed by atoms with E-state index in [-0.39, 0.29) is 17.7 Å². The van der Waals surface area contributed by atoms with Gasteiger partial charge in [-0.3, -0.25) is 9.69 Å². The Bertz CT molecular complexity index is 1190. The molecule has 3 aromatic carbocycles. The SMILES string of the molecule is COc1ccccc1-c1cc(C(=O)N2CCN(C(c3ccccc3)c3ccccc3)CC2)on1. The number of hydrogen-bond acceptors (Lipinski definition) is 5. The summed E-state index contributed by atoms with van der Waals surface area (Å²) in [5.74, 6) is 0.803. The van der Waals surface area contributed by atoms with Crippen LogP contribution in [0.5, 0.6) is 5.75 Å². The van der Waals surface area contributed by atoms with Crippen molar-refractivity contribution < 1.29 is 14.1 Å². The summed E-state index contributed by atoms with van der Waals surface area (Å²) in [6.07, 6.45) is 0. The minimum absolute atomic E-state index is 0.135. The minimum atomic E-state index is -0.135. The average molecular weight is 454 g/mol. The number of rotatable bonds is 6. The quantitative estimate of drug-likeness (QED) is 0.416. The van der Waals surface area contributed by atoms with Crippen LogP contribution in [0.25, 0.3) is 11.3 Å². The Morgan fingerprint density at radius 3 is 2.06 bits per heavy atom. The van der Waals surface area contributed by atoms with Gasteiger partial charge >= 0.3 is 0 Å². The van der Waals surface area contributed by atoms with Crippen LogP contribution in [0.15, 0.2) is 95.5 Å². The molecule has 1 aromatic heterocycles. The molecule has 0 bridgehead atoms. The van der Waals surface area contributed by atoms with E-state index in [1.807, 2.05) is 41.3 Å². The van der Waals surface area contributed by atoms with Gasteiger partial charge in [-0.15, -0.1) is 0 Å². The highest BCUT2D eigenvalue weighted by Gasteiger charge is 2.30. The number of ether oxygens (including phenoxy) is 1. The van der Waals surface area contributed by atoms with Gasteiger partial charge in [0.25, 0.3) is 5.91 Å². The molecular weight excluding hydrogens is 426 g/mol. The van der Waals surface area contributed by atoms with Crippen LogP contribution in [0, 0.1) is 0 Å². The van der Waals surface area contributed by atoms with Gasteiger partial charge in [0.1, 0.15) is 11.4 Å². The van der Waals surface area contributed by atoms with E-state index in [0.717, 1.165) is 18.7 Å². The average Bonchev–Trinajstić information content (AvgIpc) is 3.40. The Balaban J connectivity index is 1.30. The maximum Gasteiger partial charge on any atom is 0.292 e. The van der Waals surface area contributed by atoms with E-state index in [4.69, 9.17) is 9.26 Å². The van der Waals surface area contributed by atoms with Crippen LogP contribution >= 0.6 is 0 Å². The van der Waals surface area contributed by atoms with Crippen LogP contribution in [-0.2, 0) is 0 Å². The van der Waals surface area contributed by atoms with Crippen LogP contribution in [0.1, 0.15) is 27.7 Å². The first kappa shape index (κ1) is 21.9. The molecule has 1 aliphatic rings. The maximum absolute atomic E-state index is 13.2. The fraction of sp³-hybridized carbons (Fsp3) is 0.214. The second-order valence-electron chi connectivity index (χ2n) is 8.33. The molecule has 0 saturated carbocycles. The summed E-state index contributed by atoms with van der Waals surface area (Å²) in [5, 5.41) is 4.12. The zero-order chi connectivity index (χ0) is 23.3. The molecule has 1 aliphatic heterocycles. The molecule has 0 radical (unpaired) electrons. The Labute approximate surface area is 199 Å². The molecule has 172 valence electrons. The van der Waals surface area contributed by atoms with Crippen LogP contribution in [0.2, 0.25) is 0 Å². The predicted molar refractivity (Wildman–Crippen MR) is 131 cm³/mol. The summed E-state index contributed by atoms with van der Waals surface area (Å²) in [7, 11) is 1.61. The fourth-order valence-corrected chi connectivity index (χ4v) is 4.58. The van der Waals surface area contributed by atoms with Crippen molar-refractivity contribution in [1.29, 1.82) is 0 Å². The fourth-order valence-electron chi connectivity index (χ4n) is 4.58. The summed E-state index contributed by atoms with van der Waals surface area (Å²) in [5.41, 5.74) is 3.90. The van der Waals surface area contributed by atoms with Gasteiger partial charge in [0.2, 0.25) is 5.76 Å². The third-order valence-corrected chi connectivity index (χ3v) is 6.30. The van der Waals surface area contributed by atoms with Crippen LogP contribution < -0.4 is 4.74 Å². The number of amides is 1. The van der Waals surface area contributed by atoms with Crippen molar-refractivity contribution in [3.8, 4) is 17.0 Å². The number of aromatic nitrogens is 1. The Morgan fingerprint density at radius 1 is 0.853 bits per heavy atom. The van der Waals surface area contributed by atoms with Crippen molar-refractivity contribution in [3.63, 3.8) is 0 Å². The molecule has 1 saturated heterocycles. The van der Waals surface area contributed by atoms with E-state index in [1.165, 1.54) is 11.1 Å². The lowest BCUT2D eigenvalue weighted by Crippen LogP contribution is -2.49. The van der Waals surface area contributed by atoms with Crippen LogP contribution in [0.3, 0.4) is 0 Å². The summed E-state index contributed by atoms with van der Waals surface area (Å²) in [6, 6.07) is 30.5. The van der Waals surface area contributed by atoms with Crippen LogP contribution in [-0.4, -0.2) is 54.2 Å². The Morgan fingerprint density at radius 2 is 1.44 bits per heavy atom. The van der Waals surface area contributed by atoms with Gasteiger partial charge < -0.3 is 14.2 Å². The molecule has 0 aliphatic carbocycles. The topological polar surface area (TPSA) is 58.8 Å². The largest absolute Gasteiger partial charge is 0.496 e. The molecule has 6 heteroatoms. The highest BCUT2D eigenvalue weighted by molar-refractivity contribution is 5.92. The van der Waals surface area contributed by atoms with Gasteiger partial charge in [-0.05, 0) is 23.3 Å². The third-order valence-electron chi connectivity index (χ3n) is 6.30. The van der Waals surface area contributed by atoms with Crippen molar-refractivity contribution >= 4 is 5.91 Å². The first-order valence-electron chi connectivity index (χ1n) is 11.5. The second-order valence-corrected chi connectivity index (χ2v) is 8.33. The van der Waals surface area contributed by atoms with Gasteiger partial charge in [-0.1, -0.05) is 78.0 Å². The lowest BCUT2D eigenvalue weighted by molar-refractivity contribution is 0.0559. The molecule has 0 atom stereocenters. The molecule has 0 unspecified atom stereocenters. The lowest BCUT2D eigenvalue weighted by Gasteiger charge is -2.39. The minimum Gasteiger partial charge on any atom is -0.496 e. The molecule has 0 spiro atoms. The number of piperazine rings is 1. The molecular formula is C28H27N3O3. The van der Waals surface area contributed by atoms with E-state index in [2.05, 4.69) is 58.6 Å².